The summed E-state index contributed by atoms with van der Waals surface area (Å²) in [5, 5.41) is 7.25. The lowest BCUT2D eigenvalue weighted by molar-refractivity contribution is -0.130. The minimum Gasteiger partial charge on any atom is -0.359 e. The molecule has 1 aliphatic heterocycles. The number of nitrogens with one attached hydrogen (secondary N) is 2. The molecule has 3 rings (SSSR count). The van der Waals surface area contributed by atoms with E-state index in [9.17, 15) is 4.79 Å². The largest absolute Gasteiger partial charge is 0.359 e. The zero-order valence-electron chi connectivity index (χ0n) is 11.8. The van der Waals surface area contributed by atoms with E-state index in [4.69, 9.17) is 12.2 Å². The summed E-state index contributed by atoms with van der Waals surface area (Å²) in [5.74, 6) is 0.305. The second kappa shape index (κ2) is 4.85. The van der Waals surface area contributed by atoms with Crippen molar-refractivity contribution in [2.75, 3.05) is 0 Å². The van der Waals surface area contributed by atoms with Crippen LogP contribution in [0.2, 0.25) is 0 Å². The zero-order valence-corrected chi connectivity index (χ0v) is 12.7. The Morgan fingerprint density at radius 2 is 1.90 bits per heavy atom. The molecule has 4 heteroatoms. The summed E-state index contributed by atoms with van der Waals surface area (Å²) in [4.78, 5) is 12.6. The molecule has 3 nitrogen and oxygen atoms in total. The van der Waals surface area contributed by atoms with Gasteiger partial charge in [-0.1, -0.05) is 44.2 Å². The van der Waals surface area contributed by atoms with Gasteiger partial charge in [0.1, 0.15) is 5.78 Å². The lowest BCUT2D eigenvalue weighted by atomic mass is 9.66. The number of rotatable bonds is 1. The Hall–Kier alpha value is -1.42. The van der Waals surface area contributed by atoms with Crippen molar-refractivity contribution in [2.24, 2.45) is 11.3 Å². The van der Waals surface area contributed by atoms with Crippen molar-refractivity contribution in [2.45, 2.75) is 38.8 Å². The lowest BCUT2D eigenvalue weighted by Crippen LogP contribution is -2.61. The number of thiocarbonyl (C=S) groups is 1. The molecule has 0 spiro atoms. The molecule has 1 saturated heterocycles. The number of benzene rings is 1. The van der Waals surface area contributed by atoms with E-state index in [-0.39, 0.29) is 23.4 Å². The van der Waals surface area contributed by atoms with Crippen LogP contribution in [-0.2, 0) is 4.79 Å². The highest BCUT2D eigenvalue weighted by molar-refractivity contribution is 7.80. The average molecular weight is 288 g/mol. The first-order valence-electron chi connectivity index (χ1n) is 7.11. The molecule has 3 unspecified atom stereocenters. The summed E-state index contributed by atoms with van der Waals surface area (Å²) in [6.45, 7) is 4.32. The topological polar surface area (TPSA) is 41.1 Å². The van der Waals surface area contributed by atoms with E-state index in [1.54, 1.807) is 0 Å². The fraction of sp³-hybridized carbons (Fsp3) is 0.500. The minimum absolute atomic E-state index is 0.00134. The number of hydrogen-bond acceptors (Lipinski definition) is 2. The summed E-state index contributed by atoms with van der Waals surface area (Å²) in [5.41, 5.74) is 1.19. The third-order valence-corrected chi connectivity index (χ3v) is 4.59. The van der Waals surface area contributed by atoms with Gasteiger partial charge in [-0.05, 0) is 29.6 Å². The van der Waals surface area contributed by atoms with Gasteiger partial charge in [-0.2, -0.15) is 0 Å². The van der Waals surface area contributed by atoms with Crippen molar-refractivity contribution in [3.05, 3.63) is 35.9 Å². The summed E-state index contributed by atoms with van der Waals surface area (Å²) in [6, 6.07) is 10.3. The third kappa shape index (κ3) is 2.44. The summed E-state index contributed by atoms with van der Waals surface area (Å²) >= 11 is 5.33. The molecule has 0 bridgehead atoms. The molecule has 2 N–H and O–H groups in total. The van der Waals surface area contributed by atoms with E-state index in [0.717, 1.165) is 12.0 Å². The highest BCUT2D eigenvalue weighted by atomic mass is 32.1. The standard InChI is InChI=1S/C16H20N2OS/c1-16(2)8-11-13(12(19)9-16)14(18-15(20)17-11)10-6-4-3-5-7-10/h3-7,11,13-14H,8-9H2,1-2H3,(H2,17,18,20). The van der Waals surface area contributed by atoms with Crippen LogP contribution in [0.25, 0.3) is 0 Å². The van der Waals surface area contributed by atoms with Crippen molar-refractivity contribution in [1.82, 2.24) is 10.6 Å². The van der Waals surface area contributed by atoms with Gasteiger partial charge in [0.05, 0.1) is 12.0 Å². The number of carbonyl (C=O) groups excluding carboxylic acids is 1. The normalized spacial score (nSPS) is 32.0. The van der Waals surface area contributed by atoms with E-state index in [1.165, 1.54) is 0 Å². The third-order valence-electron chi connectivity index (χ3n) is 4.35. The monoisotopic (exact) mass is 288 g/mol. The van der Waals surface area contributed by atoms with Crippen molar-refractivity contribution >= 4 is 23.1 Å². The van der Waals surface area contributed by atoms with Crippen molar-refractivity contribution in [3.8, 4) is 0 Å². The Kier molecular flexibility index (Phi) is 3.28. The SMILES string of the molecule is CC1(C)CC(=O)C2C(C1)NC(=S)NC2c1ccccc1. The maximum atomic E-state index is 12.6. The molecule has 0 radical (unpaired) electrons. The first-order valence-corrected chi connectivity index (χ1v) is 7.52. The molecular weight excluding hydrogens is 268 g/mol. The quantitative estimate of drug-likeness (QED) is 0.779. The first kappa shape index (κ1) is 13.6. The molecule has 0 aromatic heterocycles. The van der Waals surface area contributed by atoms with Gasteiger partial charge in [-0.25, -0.2) is 0 Å². The zero-order chi connectivity index (χ0) is 14.3. The van der Waals surface area contributed by atoms with Crippen LogP contribution >= 0.6 is 12.2 Å². The van der Waals surface area contributed by atoms with Crippen LogP contribution < -0.4 is 10.6 Å². The van der Waals surface area contributed by atoms with Crippen LogP contribution in [0, 0.1) is 11.3 Å². The van der Waals surface area contributed by atoms with Gasteiger partial charge in [0.15, 0.2) is 5.11 Å². The molecule has 1 aromatic rings. The van der Waals surface area contributed by atoms with E-state index in [1.807, 2.05) is 18.2 Å². The van der Waals surface area contributed by atoms with Crippen LogP contribution in [0.5, 0.6) is 0 Å². The Labute approximate surface area is 125 Å². The van der Waals surface area contributed by atoms with Gasteiger partial charge in [0, 0.05) is 12.5 Å². The molecule has 3 atom stereocenters. The number of carbonyl (C=O) groups is 1. The fourth-order valence-electron chi connectivity index (χ4n) is 3.56. The van der Waals surface area contributed by atoms with Crippen molar-refractivity contribution < 1.29 is 4.79 Å². The van der Waals surface area contributed by atoms with Gasteiger partial charge >= 0.3 is 0 Å². The van der Waals surface area contributed by atoms with Gasteiger partial charge in [-0.15, -0.1) is 0 Å². The Morgan fingerprint density at radius 3 is 2.60 bits per heavy atom. The molecule has 1 saturated carbocycles. The van der Waals surface area contributed by atoms with E-state index < -0.39 is 0 Å². The van der Waals surface area contributed by atoms with Crippen molar-refractivity contribution in [3.63, 3.8) is 0 Å². The van der Waals surface area contributed by atoms with Crippen LogP contribution in [0.15, 0.2) is 30.3 Å². The Morgan fingerprint density at radius 1 is 1.20 bits per heavy atom. The minimum atomic E-state index is -0.0304. The number of Topliss-reactive ketones (excluding diaryl/α,β-unsaturated/α-hetero) is 1. The summed E-state index contributed by atoms with van der Waals surface area (Å²) in [6.07, 6.45) is 1.63. The van der Waals surface area contributed by atoms with Gasteiger partial charge in [0.2, 0.25) is 0 Å². The average Bonchev–Trinajstić information content (AvgIpc) is 2.36. The number of hydrogen-bond donors (Lipinski definition) is 2. The predicted molar refractivity (Wildman–Crippen MR) is 83.4 cm³/mol. The molecule has 0 amide bonds. The molecule has 106 valence electrons. The van der Waals surface area contributed by atoms with Gasteiger partial charge in [0.25, 0.3) is 0 Å². The summed E-state index contributed by atoms with van der Waals surface area (Å²) < 4.78 is 0. The van der Waals surface area contributed by atoms with Gasteiger partial charge in [-0.3, -0.25) is 4.79 Å². The highest BCUT2D eigenvalue weighted by Crippen LogP contribution is 2.42. The van der Waals surface area contributed by atoms with Crippen LogP contribution in [-0.4, -0.2) is 16.9 Å². The number of ketones is 1. The molecule has 1 aliphatic carbocycles. The summed E-state index contributed by atoms with van der Waals surface area (Å²) in [7, 11) is 0. The molecule has 1 aromatic carbocycles. The smallest absolute Gasteiger partial charge is 0.167 e. The van der Waals surface area contributed by atoms with Crippen LogP contribution in [0.4, 0.5) is 0 Å². The lowest BCUT2D eigenvalue weighted by Gasteiger charge is -2.47. The maximum absolute atomic E-state index is 12.6. The second-order valence-electron chi connectivity index (χ2n) is 6.65. The van der Waals surface area contributed by atoms with Gasteiger partial charge < -0.3 is 10.6 Å². The van der Waals surface area contributed by atoms with E-state index in [2.05, 4.69) is 36.6 Å². The molecular formula is C16H20N2OS. The molecule has 2 aliphatic rings. The highest BCUT2D eigenvalue weighted by Gasteiger charge is 2.47. The molecule has 20 heavy (non-hydrogen) atoms. The first-order chi connectivity index (χ1) is 9.46. The Bertz CT molecular complexity index is 541. The fourth-order valence-corrected chi connectivity index (χ4v) is 3.84. The number of fused-ring (bicyclic) bond motifs is 1. The maximum Gasteiger partial charge on any atom is 0.167 e. The Balaban J connectivity index is 1.95. The van der Waals surface area contributed by atoms with Crippen molar-refractivity contribution in [1.29, 1.82) is 0 Å². The van der Waals surface area contributed by atoms with E-state index in [0.29, 0.717) is 17.3 Å². The van der Waals surface area contributed by atoms with E-state index >= 15 is 0 Å². The second-order valence-corrected chi connectivity index (χ2v) is 7.06. The van der Waals surface area contributed by atoms with Crippen LogP contribution in [0.3, 0.4) is 0 Å². The molecule has 1 heterocycles. The predicted octanol–water partition coefficient (Wildman–Crippen LogP) is 2.58. The van der Waals surface area contributed by atoms with Crippen LogP contribution in [0.1, 0.15) is 38.3 Å². The molecule has 2 fully saturated rings.